The predicted molar refractivity (Wildman–Crippen MR) is 84.7 cm³/mol. The molecule has 3 nitrogen and oxygen atoms in total. The molecule has 21 heavy (non-hydrogen) atoms. The predicted octanol–water partition coefficient (Wildman–Crippen LogP) is 3.08. The molecule has 2 fully saturated rings. The van der Waals surface area contributed by atoms with Crippen LogP contribution in [0.25, 0.3) is 0 Å². The van der Waals surface area contributed by atoms with E-state index in [9.17, 15) is 5.11 Å². The number of hydrogen-bond acceptors (Lipinski definition) is 3. The fourth-order valence-electron chi connectivity index (χ4n) is 3.79. The Morgan fingerprint density at radius 1 is 1.19 bits per heavy atom. The van der Waals surface area contributed by atoms with Crippen LogP contribution in [0.3, 0.4) is 0 Å². The van der Waals surface area contributed by atoms with Gasteiger partial charge in [-0.25, -0.2) is 0 Å². The maximum Gasteiger partial charge on any atom is 0.122 e. The molecule has 0 spiro atoms. The summed E-state index contributed by atoms with van der Waals surface area (Å²) >= 11 is 0. The number of nitrogens with one attached hydrogen (secondary N) is 1. The van der Waals surface area contributed by atoms with E-state index < -0.39 is 0 Å². The van der Waals surface area contributed by atoms with Crippen LogP contribution in [0.15, 0.2) is 24.3 Å². The van der Waals surface area contributed by atoms with Crippen molar-refractivity contribution in [3.05, 3.63) is 29.8 Å². The molecular weight excluding hydrogens is 262 g/mol. The number of ether oxygens (including phenoxy) is 1. The van der Waals surface area contributed by atoms with Gasteiger partial charge in [-0.15, -0.1) is 0 Å². The first-order valence-corrected chi connectivity index (χ1v) is 8.32. The van der Waals surface area contributed by atoms with Crippen LogP contribution in [0.4, 0.5) is 0 Å². The third kappa shape index (κ3) is 3.41. The van der Waals surface area contributed by atoms with E-state index in [0.717, 1.165) is 18.7 Å². The third-order valence-electron chi connectivity index (χ3n) is 5.25. The second-order valence-corrected chi connectivity index (χ2v) is 6.63. The summed E-state index contributed by atoms with van der Waals surface area (Å²) in [5.74, 6) is 2.10. The van der Waals surface area contributed by atoms with Crippen LogP contribution in [0.5, 0.6) is 5.75 Å². The van der Waals surface area contributed by atoms with Crippen LogP contribution < -0.4 is 10.1 Å². The van der Waals surface area contributed by atoms with Crippen molar-refractivity contribution < 1.29 is 9.84 Å². The molecule has 0 bridgehead atoms. The van der Waals surface area contributed by atoms with E-state index in [1.807, 2.05) is 6.07 Å². The lowest BCUT2D eigenvalue weighted by molar-refractivity contribution is 0.0655. The van der Waals surface area contributed by atoms with Gasteiger partial charge in [0.2, 0.25) is 0 Å². The number of para-hydroxylation sites is 1. The van der Waals surface area contributed by atoms with Gasteiger partial charge in [0.15, 0.2) is 0 Å². The Hall–Kier alpha value is -1.06. The number of methoxy groups -OCH3 is 1. The van der Waals surface area contributed by atoms with E-state index in [1.54, 1.807) is 7.11 Å². The Kier molecular flexibility index (Phi) is 4.81. The van der Waals surface area contributed by atoms with E-state index in [-0.39, 0.29) is 6.10 Å². The normalized spacial score (nSPS) is 32.5. The molecular formula is C18H27NO2. The molecule has 2 saturated carbocycles. The monoisotopic (exact) mass is 289 g/mol. The average molecular weight is 289 g/mol. The van der Waals surface area contributed by atoms with Crippen molar-refractivity contribution in [2.24, 2.45) is 5.92 Å². The summed E-state index contributed by atoms with van der Waals surface area (Å²) in [5, 5.41) is 13.7. The fourth-order valence-corrected chi connectivity index (χ4v) is 3.79. The number of hydrogen-bond donors (Lipinski definition) is 2. The molecule has 0 aliphatic heterocycles. The van der Waals surface area contributed by atoms with Gasteiger partial charge in [0.1, 0.15) is 5.75 Å². The largest absolute Gasteiger partial charge is 0.496 e. The molecule has 3 heteroatoms. The van der Waals surface area contributed by atoms with Gasteiger partial charge < -0.3 is 15.2 Å². The zero-order valence-corrected chi connectivity index (χ0v) is 12.9. The van der Waals surface area contributed by atoms with E-state index in [4.69, 9.17) is 4.74 Å². The smallest absolute Gasteiger partial charge is 0.122 e. The van der Waals surface area contributed by atoms with E-state index in [2.05, 4.69) is 23.5 Å². The molecule has 0 amide bonds. The van der Waals surface area contributed by atoms with Crippen molar-refractivity contribution in [3.63, 3.8) is 0 Å². The van der Waals surface area contributed by atoms with Crippen molar-refractivity contribution in [1.82, 2.24) is 5.32 Å². The maximum atomic E-state index is 10.0. The first-order valence-electron chi connectivity index (χ1n) is 8.32. The zero-order chi connectivity index (χ0) is 14.7. The Morgan fingerprint density at radius 2 is 1.95 bits per heavy atom. The van der Waals surface area contributed by atoms with Crippen LogP contribution in [0.1, 0.15) is 50.0 Å². The van der Waals surface area contributed by atoms with Gasteiger partial charge in [0.25, 0.3) is 0 Å². The third-order valence-corrected chi connectivity index (χ3v) is 5.25. The van der Waals surface area contributed by atoms with Crippen LogP contribution >= 0.6 is 0 Å². The summed E-state index contributed by atoms with van der Waals surface area (Å²) in [6.45, 7) is 0.977. The molecule has 2 atom stereocenters. The number of aliphatic hydroxyl groups is 1. The number of benzene rings is 1. The van der Waals surface area contributed by atoms with Gasteiger partial charge in [-0.2, -0.15) is 0 Å². The first-order chi connectivity index (χ1) is 10.3. The van der Waals surface area contributed by atoms with E-state index in [1.165, 1.54) is 37.7 Å². The minimum atomic E-state index is -0.0867. The second kappa shape index (κ2) is 6.80. The Bertz CT molecular complexity index is 456. The Balaban J connectivity index is 1.45. The molecule has 2 unspecified atom stereocenters. The van der Waals surface area contributed by atoms with Crippen molar-refractivity contribution in [1.29, 1.82) is 0 Å². The summed E-state index contributed by atoms with van der Waals surface area (Å²) in [6, 6.07) is 8.96. The lowest BCUT2D eigenvalue weighted by Crippen LogP contribution is -2.44. The van der Waals surface area contributed by atoms with E-state index >= 15 is 0 Å². The Morgan fingerprint density at radius 3 is 2.71 bits per heavy atom. The van der Waals surface area contributed by atoms with Crippen LogP contribution in [-0.4, -0.2) is 30.9 Å². The standard InChI is InChI=1S/C18H27NO2/c1-21-18-9-5-3-7-16(18)14-10-15(11-14)19-12-13-6-2-4-8-17(13)20/h3,5,7,9,13-15,17,19-20H,2,4,6,8,10-12H2,1H3. The summed E-state index contributed by atoms with van der Waals surface area (Å²) in [4.78, 5) is 0. The fraction of sp³-hybridized carbons (Fsp3) is 0.667. The minimum Gasteiger partial charge on any atom is -0.496 e. The molecule has 0 heterocycles. The summed E-state index contributed by atoms with van der Waals surface area (Å²) < 4.78 is 5.45. The minimum absolute atomic E-state index is 0.0867. The summed E-state index contributed by atoms with van der Waals surface area (Å²) in [5.41, 5.74) is 1.34. The first kappa shape index (κ1) is 14.9. The molecule has 1 aromatic carbocycles. The van der Waals surface area contributed by atoms with Gasteiger partial charge in [0.05, 0.1) is 13.2 Å². The summed E-state index contributed by atoms with van der Waals surface area (Å²) in [6.07, 6.45) is 6.91. The van der Waals surface area contributed by atoms with Gasteiger partial charge >= 0.3 is 0 Å². The Labute approximate surface area is 127 Å². The molecule has 2 aliphatic carbocycles. The van der Waals surface area contributed by atoms with Crippen molar-refractivity contribution in [2.75, 3.05) is 13.7 Å². The van der Waals surface area contributed by atoms with Gasteiger partial charge in [0, 0.05) is 12.6 Å². The lowest BCUT2D eigenvalue weighted by Gasteiger charge is -2.38. The van der Waals surface area contributed by atoms with Crippen LogP contribution in [-0.2, 0) is 0 Å². The quantitative estimate of drug-likeness (QED) is 0.875. The molecule has 2 N–H and O–H groups in total. The van der Waals surface area contributed by atoms with Gasteiger partial charge in [-0.3, -0.25) is 0 Å². The SMILES string of the molecule is COc1ccccc1C1CC(NCC2CCCCC2O)C1. The highest BCUT2D eigenvalue weighted by Crippen LogP contribution is 2.41. The lowest BCUT2D eigenvalue weighted by atomic mass is 9.75. The molecule has 1 aromatic rings. The summed E-state index contributed by atoms with van der Waals surface area (Å²) in [7, 11) is 1.75. The zero-order valence-electron chi connectivity index (χ0n) is 12.9. The van der Waals surface area contributed by atoms with Crippen molar-refractivity contribution >= 4 is 0 Å². The average Bonchev–Trinajstić information content (AvgIpc) is 2.48. The highest BCUT2D eigenvalue weighted by Gasteiger charge is 2.33. The maximum absolute atomic E-state index is 10.0. The van der Waals surface area contributed by atoms with Crippen molar-refractivity contribution in [2.45, 2.75) is 56.6 Å². The van der Waals surface area contributed by atoms with Crippen LogP contribution in [0, 0.1) is 5.92 Å². The molecule has 116 valence electrons. The van der Waals surface area contributed by atoms with Gasteiger partial charge in [-0.05, 0) is 49.1 Å². The molecule has 3 rings (SSSR count). The highest BCUT2D eigenvalue weighted by molar-refractivity contribution is 5.37. The highest BCUT2D eigenvalue weighted by atomic mass is 16.5. The van der Waals surface area contributed by atoms with E-state index in [0.29, 0.717) is 17.9 Å². The molecule has 0 radical (unpaired) electrons. The second-order valence-electron chi connectivity index (χ2n) is 6.63. The van der Waals surface area contributed by atoms with Crippen LogP contribution in [0.2, 0.25) is 0 Å². The molecule has 2 aliphatic rings. The molecule has 0 saturated heterocycles. The number of rotatable bonds is 5. The molecule has 0 aromatic heterocycles. The topological polar surface area (TPSA) is 41.5 Å². The number of aliphatic hydroxyl groups excluding tert-OH is 1. The van der Waals surface area contributed by atoms with Gasteiger partial charge in [-0.1, -0.05) is 31.0 Å². The van der Waals surface area contributed by atoms with Crippen molar-refractivity contribution in [3.8, 4) is 5.75 Å².